The molecule has 2 rings (SSSR count). The van der Waals surface area contributed by atoms with Gasteiger partial charge in [-0.1, -0.05) is 24.3 Å². The van der Waals surface area contributed by atoms with Crippen LogP contribution < -0.4 is 5.32 Å². The Bertz CT molecular complexity index is 774. The summed E-state index contributed by atoms with van der Waals surface area (Å²) in [4.78, 5) is 23.3. The minimum Gasteiger partial charge on any atom is -0.460 e. The summed E-state index contributed by atoms with van der Waals surface area (Å²) in [6, 6.07) is 9.57. The molecule has 132 valence electrons. The van der Waals surface area contributed by atoms with Crippen molar-refractivity contribution in [2.24, 2.45) is 0 Å². The Morgan fingerprint density at radius 1 is 1.04 bits per heavy atom. The average Bonchev–Trinajstić information content (AvgIpc) is 2.58. The molecule has 0 radical (unpaired) electrons. The molecule has 2 aromatic rings. The van der Waals surface area contributed by atoms with Crippen LogP contribution in [0.5, 0.6) is 0 Å². The number of hydrogen-bond donors (Lipinski definition) is 1. The van der Waals surface area contributed by atoms with Gasteiger partial charge in [-0.05, 0) is 29.8 Å². The van der Waals surface area contributed by atoms with Crippen molar-refractivity contribution in [1.29, 1.82) is 0 Å². The second kappa shape index (κ2) is 7.78. The van der Waals surface area contributed by atoms with Crippen LogP contribution >= 0.6 is 0 Å². The highest BCUT2D eigenvalue weighted by atomic mass is 19.4. The van der Waals surface area contributed by atoms with Gasteiger partial charge in [0.2, 0.25) is 0 Å². The summed E-state index contributed by atoms with van der Waals surface area (Å²) in [5.74, 6) is -2.39. The lowest BCUT2D eigenvalue weighted by molar-refractivity contribution is -0.143. The number of benzene rings is 2. The predicted octanol–water partition coefficient (Wildman–Crippen LogP) is 3.32. The first kappa shape index (κ1) is 18.4. The van der Waals surface area contributed by atoms with Crippen molar-refractivity contribution in [2.75, 3.05) is 6.54 Å². The molecule has 0 aliphatic rings. The lowest BCUT2D eigenvalue weighted by Gasteiger charge is -2.10. The number of esters is 1. The van der Waals surface area contributed by atoms with Crippen LogP contribution in [0, 0.1) is 5.82 Å². The molecule has 0 unspecified atom stereocenters. The van der Waals surface area contributed by atoms with Gasteiger partial charge in [-0.3, -0.25) is 9.59 Å². The lowest BCUT2D eigenvalue weighted by atomic mass is 10.1. The fourth-order valence-corrected chi connectivity index (χ4v) is 1.95. The van der Waals surface area contributed by atoms with Crippen LogP contribution in [0.1, 0.15) is 21.5 Å². The number of carbonyl (C=O) groups is 2. The zero-order valence-electron chi connectivity index (χ0n) is 12.8. The summed E-state index contributed by atoms with van der Waals surface area (Å²) in [5, 5.41) is 2.18. The smallest absolute Gasteiger partial charge is 0.416 e. The standard InChI is InChI=1S/C17H13F4NO3/c18-14-7-2-1-6-13(14)16(24)22-9-15(23)25-10-11-4-3-5-12(8-11)17(19,20)21/h1-8H,9-10H2,(H,22,24). The van der Waals surface area contributed by atoms with Crippen molar-refractivity contribution in [3.8, 4) is 0 Å². The van der Waals surface area contributed by atoms with Crippen LogP contribution in [0.3, 0.4) is 0 Å². The minimum absolute atomic E-state index is 0.156. The van der Waals surface area contributed by atoms with Gasteiger partial charge in [0, 0.05) is 0 Å². The Hall–Kier alpha value is -2.90. The number of carbonyl (C=O) groups excluding carboxylic acids is 2. The van der Waals surface area contributed by atoms with Crippen LogP contribution in [0.25, 0.3) is 0 Å². The molecule has 0 saturated carbocycles. The predicted molar refractivity (Wildman–Crippen MR) is 80.0 cm³/mol. The molecule has 2 aromatic carbocycles. The van der Waals surface area contributed by atoms with Crippen LogP contribution in [0.15, 0.2) is 48.5 Å². The summed E-state index contributed by atoms with van der Waals surface area (Å²) >= 11 is 0. The van der Waals surface area contributed by atoms with E-state index in [-0.39, 0.29) is 17.7 Å². The van der Waals surface area contributed by atoms with Crippen LogP contribution in [0.2, 0.25) is 0 Å². The van der Waals surface area contributed by atoms with E-state index in [0.29, 0.717) is 0 Å². The number of ether oxygens (including phenoxy) is 1. The van der Waals surface area contributed by atoms with Gasteiger partial charge in [0.25, 0.3) is 5.91 Å². The number of amides is 1. The van der Waals surface area contributed by atoms with Crippen molar-refractivity contribution in [1.82, 2.24) is 5.32 Å². The summed E-state index contributed by atoms with van der Waals surface area (Å²) in [5.41, 5.74) is -0.925. The maximum absolute atomic E-state index is 13.4. The fraction of sp³-hybridized carbons (Fsp3) is 0.176. The maximum atomic E-state index is 13.4. The zero-order chi connectivity index (χ0) is 18.4. The van der Waals surface area contributed by atoms with Crippen LogP contribution in [0.4, 0.5) is 17.6 Å². The molecule has 0 saturated heterocycles. The van der Waals surface area contributed by atoms with Gasteiger partial charge < -0.3 is 10.1 Å². The fourth-order valence-electron chi connectivity index (χ4n) is 1.95. The molecule has 0 aromatic heterocycles. The highest BCUT2D eigenvalue weighted by Gasteiger charge is 2.30. The van der Waals surface area contributed by atoms with E-state index in [1.54, 1.807) is 0 Å². The van der Waals surface area contributed by atoms with Gasteiger partial charge in [0.1, 0.15) is 19.0 Å². The van der Waals surface area contributed by atoms with Crippen molar-refractivity contribution in [2.45, 2.75) is 12.8 Å². The molecule has 25 heavy (non-hydrogen) atoms. The Labute approximate surface area is 140 Å². The largest absolute Gasteiger partial charge is 0.460 e. The maximum Gasteiger partial charge on any atom is 0.416 e. The number of nitrogens with one attached hydrogen (secondary N) is 1. The van der Waals surface area contributed by atoms with E-state index in [2.05, 4.69) is 5.32 Å². The summed E-state index contributed by atoms with van der Waals surface area (Å²) in [6.07, 6.45) is -4.49. The van der Waals surface area contributed by atoms with Crippen molar-refractivity contribution in [3.05, 3.63) is 71.0 Å². The first-order valence-corrected chi connectivity index (χ1v) is 7.12. The Morgan fingerprint density at radius 2 is 1.76 bits per heavy atom. The number of halogens is 4. The van der Waals surface area contributed by atoms with Gasteiger partial charge in [0.05, 0.1) is 11.1 Å². The van der Waals surface area contributed by atoms with E-state index < -0.39 is 36.0 Å². The number of hydrogen-bond acceptors (Lipinski definition) is 3. The summed E-state index contributed by atoms with van der Waals surface area (Å²) < 4.78 is 55.9. The quantitative estimate of drug-likeness (QED) is 0.661. The molecular formula is C17H13F4NO3. The number of rotatable bonds is 5. The summed E-state index contributed by atoms with van der Waals surface area (Å²) in [7, 11) is 0. The van der Waals surface area contributed by atoms with E-state index in [1.165, 1.54) is 30.3 Å². The van der Waals surface area contributed by atoms with Crippen molar-refractivity contribution >= 4 is 11.9 Å². The van der Waals surface area contributed by atoms with Gasteiger partial charge in [-0.2, -0.15) is 13.2 Å². The van der Waals surface area contributed by atoms with E-state index in [1.807, 2.05) is 0 Å². The molecule has 0 bridgehead atoms. The van der Waals surface area contributed by atoms with Gasteiger partial charge in [-0.15, -0.1) is 0 Å². The van der Waals surface area contributed by atoms with Crippen molar-refractivity contribution < 1.29 is 31.9 Å². The molecule has 0 aliphatic carbocycles. The highest BCUT2D eigenvalue weighted by molar-refractivity contribution is 5.96. The van der Waals surface area contributed by atoms with E-state index in [9.17, 15) is 27.2 Å². The third-order valence-electron chi connectivity index (χ3n) is 3.17. The second-order valence-corrected chi connectivity index (χ2v) is 5.02. The minimum atomic E-state index is -4.49. The average molecular weight is 355 g/mol. The van der Waals surface area contributed by atoms with E-state index in [0.717, 1.165) is 18.2 Å². The van der Waals surface area contributed by atoms with E-state index >= 15 is 0 Å². The molecule has 8 heteroatoms. The van der Waals surface area contributed by atoms with E-state index in [4.69, 9.17) is 4.74 Å². The molecular weight excluding hydrogens is 342 g/mol. The van der Waals surface area contributed by atoms with Crippen LogP contribution in [-0.2, 0) is 22.3 Å². The topological polar surface area (TPSA) is 55.4 Å². The van der Waals surface area contributed by atoms with Crippen molar-refractivity contribution in [3.63, 3.8) is 0 Å². The molecule has 0 heterocycles. The first-order chi connectivity index (χ1) is 11.8. The number of alkyl halides is 3. The molecule has 0 spiro atoms. The molecule has 0 atom stereocenters. The second-order valence-electron chi connectivity index (χ2n) is 5.02. The van der Waals surface area contributed by atoms with Gasteiger partial charge >= 0.3 is 12.1 Å². The normalized spacial score (nSPS) is 11.0. The molecule has 1 amide bonds. The zero-order valence-corrected chi connectivity index (χ0v) is 12.8. The monoisotopic (exact) mass is 355 g/mol. The molecule has 1 N–H and O–H groups in total. The Morgan fingerprint density at radius 3 is 2.44 bits per heavy atom. The summed E-state index contributed by atoms with van der Waals surface area (Å²) in [6.45, 7) is -0.912. The third kappa shape index (κ3) is 5.30. The van der Waals surface area contributed by atoms with Gasteiger partial charge in [-0.25, -0.2) is 4.39 Å². The molecule has 4 nitrogen and oxygen atoms in total. The Balaban J connectivity index is 1.85. The molecule has 0 aliphatic heterocycles. The first-order valence-electron chi connectivity index (χ1n) is 7.12. The SMILES string of the molecule is O=C(CNC(=O)c1ccccc1F)OCc1cccc(C(F)(F)F)c1. The Kier molecular flexibility index (Phi) is 5.74. The molecule has 0 fully saturated rings. The van der Waals surface area contributed by atoms with Crippen LogP contribution in [-0.4, -0.2) is 18.4 Å². The lowest BCUT2D eigenvalue weighted by Crippen LogP contribution is -2.31. The highest BCUT2D eigenvalue weighted by Crippen LogP contribution is 2.29. The third-order valence-corrected chi connectivity index (χ3v) is 3.17. The van der Waals surface area contributed by atoms with Gasteiger partial charge in [0.15, 0.2) is 0 Å².